The van der Waals surface area contributed by atoms with Gasteiger partial charge in [0.15, 0.2) is 0 Å². The van der Waals surface area contributed by atoms with Gasteiger partial charge in [0.05, 0.1) is 5.69 Å². The van der Waals surface area contributed by atoms with Crippen LogP contribution in [0.5, 0.6) is 0 Å². The number of fused-ring (bicyclic) bond motifs is 1. The number of aromatic nitrogens is 2. The molecule has 0 aliphatic heterocycles. The van der Waals surface area contributed by atoms with E-state index in [2.05, 4.69) is 11.2 Å². The van der Waals surface area contributed by atoms with E-state index in [4.69, 9.17) is 0 Å². The van der Waals surface area contributed by atoms with E-state index in [1.165, 1.54) is 5.56 Å². The zero-order valence-electron chi connectivity index (χ0n) is 9.22. The molecule has 3 rings (SSSR count). The van der Waals surface area contributed by atoms with Crippen LogP contribution in [0.1, 0.15) is 23.2 Å². The van der Waals surface area contributed by atoms with Crippen molar-refractivity contribution in [3.63, 3.8) is 0 Å². The van der Waals surface area contributed by atoms with Gasteiger partial charge in [-0.3, -0.25) is 4.68 Å². The van der Waals surface area contributed by atoms with Crippen molar-refractivity contribution in [2.45, 2.75) is 18.4 Å². The standard InChI is InChI=1S/C13H14N2O/c1-15-12(7-9-14-15)13(16)8-6-10-4-2-3-5-11(10)13/h2-5,7,9,16H,6,8H2,1H3. The summed E-state index contributed by atoms with van der Waals surface area (Å²) in [6.07, 6.45) is 3.40. The smallest absolute Gasteiger partial charge is 0.132 e. The summed E-state index contributed by atoms with van der Waals surface area (Å²) in [4.78, 5) is 0. The minimum Gasteiger partial charge on any atom is -0.379 e. The Labute approximate surface area is 94.3 Å². The molecule has 1 N–H and O–H groups in total. The molecule has 1 heterocycles. The van der Waals surface area contributed by atoms with Crippen LogP contribution in [0.3, 0.4) is 0 Å². The fourth-order valence-electron chi connectivity index (χ4n) is 2.64. The van der Waals surface area contributed by atoms with Gasteiger partial charge in [0.1, 0.15) is 5.60 Å². The highest BCUT2D eigenvalue weighted by Crippen LogP contribution is 2.41. The van der Waals surface area contributed by atoms with Gasteiger partial charge in [-0.05, 0) is 30.0 Å². The first-order chi connectivity index (χ1) is 7.72. The zero-order valence-corrected chi connectivity index (χ0v) is 9.22. The van der Waals surface area contributed by atoms with Crippen molar-refractivity contribution in [1.82, 2.24) is 9.78 Å². The summed E-state index contributed by atoms with van der Waals surface area (Å²) in [6.45, 7) is 0. The Balaban J connectivity index is 2.19. The molecule has 1 aliphatic carbocycles. The van der Waals surface area contributed by atoms with Gasteiger partial charge in [0, 0.05) is 13.2 Å². The van der Waals surface area contributed by atoms with E-state index in [9.17, 15) is 5.11 Å². The largest absolute Gasteiger partial charge is 0.379 e. The minimum absolute atomic E-state index is 0.742. The van der Waals surface area contributed by atoms with Gasteiger partial charge in [-0.1, -0.05) is 24.3 Å². The molecule has 82 valence electrons. The number of benzene rings is 1. The fourth-order valence-corrected chi connectivity index (χ4v) is 2.64. The van der Waals surface area contributed by atoms with Gasteiger partial charge >= 0.3 is 0 Å². The molecule has 0 radical (unpaired) electrons. The first-order valence-corrected chi connectivity index (χ1v) is 5.51. The molecule has 1 unspecified atom stereocenters. The topological polar surface area (TPSA) is 38.0 Å². The van der Waals surface area contributed by atoms with E-state index in [0.29, 0.717) is 0 Å². The molecule has 0 saturated carbocycles. The van der Waals surface area contributed by atoms with E-state index < -0.39 is 5.60 Å². The maximum Gasteiger partial charge on any atom is 0.132 e. The number of rotatable bonds is 1. The summed E-state index contributed by atoms with van der Waals surface area (Å²) in [5, 5.41) is 15.0. The predicted octanol–water partition coefficient (Wildman–Crippen LogP) is 1.60. The van der Waals surface area contributed by atoms with Crippen molar-refractivity contribution in [1.29, 1.82) is 0 Å². The highest BCUT2D eigenvalue weighted by Gasteiger charge is 2.39. The maximum absolute atomic E-state index is 10.8. The zero-order chi connectivity index (χ0) is 11.2. The van der Waals surface area contributed by atoms with Gasteiger partial charge in [0.2, 0.25) is 0 Å². The van der Waals surface area contributed by atoms with Gasteiger partial charge < -0.3 is 5.11 Å². The SMILES string of the molecule is Cn1nccc1C1(O)CCc2ccccc21. The minimum atomic E-state index is -0.859. The third-order valence-corrected chi connectivity index (χ3v) is 3.46. The quantitative estimate of drug-likeness (QED) is 0.783. The highest BCUT2D eigenvalue weighted by atomic mass is 16.3. The number of hydrogen-bond donors (Lipinski definition) is 1. The Morgan fingerprint density at radius 3 is 2.88 bits per heavy atom. The Morgan fingerprint density at radius 2 is 2.12 bits per heavy atom. The summed E-state index contributed by atoms with van der Waals surface area (Å²) >= 11 is 0. The third kappa shape index (κ3) is 1.15. The van der Waals surface area contributed by atoms with Crippen LogP contribution in [0.25, 0.3) is 0 Å². The molecule has 3 heteroatoms. The van der Waals surface area contributed by atoms with Crippen LogP contribution in [-0.4, -0.2) is 14.9 Å². The van der Waals surface area contributed by atoms with Gasteiger partial charge in [-0.2, -0.15) is 5.10 Å². The van der Waals surface area contributed by atoms with Crippen LogP contribution in [0.15, 0.2) is 36.5 Å². The number of hydrogen-bond acceptors (Lipinski definition) is 2. The molecule has 1 atom stereocenters. The summed E-state index contributed by atoms with van der Waals surface area (Å²) < 4.78 is 1.75. The third-order valence-electron chi connectivity index (χ3n) is 3.46. The molecular weight excluding hydrogens is 200 g/mol. The van der Waals surface area contributed by atoms with Gasteiger partial charge in [0.25, 0.3) is 0 Å². The Kier molecular flexibility index (Phi) is 1.91. The first kappa shape index (κ1) is 9.60. The van der Waals surface area contributed by atoms with Crippen LogP contribution < -0.4 is 0 Å². The average Bonchev–Trinajstić information content (AvgIpc) is 2.86. The monoisotopic (exact) mass is 214 g/mol. The summed E-state index contributed by atoms with van der Waals surface area (Å²) in [5.74, 6) is 0. The van der Waals surface area contributed by atoms with Gasteiger partial charge in [-0.15, -0.1) is 0 Å². The average molecular weight is 214 g/mol. The molecule has 3 nitrogen and oxygen atoms in total. The lowest BCUT2D eigenvalue weighted by Crippen LogP contribution is -2.27. The summed E-state index contributed by atoms with van der Waals surface area (Å²) in [7, 11) is 1.87. The normalized spacial score (nSPS) is 23.4. The molecule has 1 aromatic carbocycles. The van der Waals surface area contributed by atoms with Crippen LogP contribution in [-0.2, 0) is 19.1 Å². The maximum atomic E-state index is 10.8. The summed E-state index contributed by atoms with van der Waals surface area (Å²) in [6, 6.07) is 9.99. The van der Waals surface area contributed by atoms with E-state index in [-0.39, 0.29) is 0 Å². The Hall–Kier alpha value is -1.61. The molecule has 16 heavy (non-hydrogen) atoms. The van der Waals surface area contributed by atoms with Crippen LogP contribution in [0, 0.1) is 0 Å². The fraction of sp³-hybridized carbons (Fsp3) is 0.308. The number of nitrogens with zero attached hydrogens (tertiary/aromatic N) is 2. The Bertz CT molecular complexity index is 532. The number of aryl methyl sites for hydroxylation is 2. The van der Waals surface area contributed by atoms with Crippen LogP contribution in [0.4, 0.5) is 0 Å². The van der Waals surface area contributed by atoms with E-state index in [0.717, 1.165) is 24.1 Å². The Morgan fingerprint density at radius 1 is 1.31 bits per heavy atom. The molecule has 1 aliphatic rings. The van der Waals surface area contributed by atoms with Crippen molar-refractivity contribution in [3.8, 4) is 0 Å². The molecule has 2 aromatic rings. The van der Waals surface area contributed by atoms with E-state index >= 15 is 0 Å². The molecule has 0 bridgehead atoms. The second kappa shape index (κ2) is 3.19. The lowest BCUT2D eigenvalue weighted by Gasteiger charge is -2.24. The lowest BCUT2D eigenvalue weighted by atomic mass is 9.92. The van der Waals surface area contributed by atoms with Crippen molar-refractivity contribution in [2.75, 3.05) is 0 Å². The molecule has 1 aromatic heterocycles. The molecule has 0 saturated heterocycles. The van der Waals surface area contributed by atoms with Crippen molar-refractivity contribution in [2.24, 2.45) is 7.05 Å². The molecule has 0 spiro atoms. The first-order valence-electron chi connectivity index (χ1n) is 5.51. The molecule has 0 amide bonds. The predicted molar refractivity (Wildman–Crippen MR) is 61.0 cm³/mol. The van der Waals surface area contributed by atoms with E-state index in [1.54, 1.807) is 10.9 Å². The van der Waals surface area contributed by atoms with Crippen molar-refractivity contribution >= 4 is 0 Å². The lowest BCUT2D eigenvalue weighted by molar-refractivity contribution is 0.0740. The van der Waals surface area contributed by atoms with Crippen molar-refractivity contribution in [3.05, 3.63) is 53.3 Å². The second-order valence-corrected chi connectivity index (χ2v) is 4.36. The highest BCUT2D eigenvalue weighted by molar-refractivity contribution is 5.42. The summed E-state index contributed by atoms with van der Waals surface area (Å²) in [5.41, 5.74) is 2.28. The van der Waals surface area contributed by atoms with Gasteiger partial charge in [-0.25, -0.2) is 0 Å². The number of aliphatic hydroxyl groups is 1. The second-order valence-electron chi connectivity index (χ2n) is 4.36. The van der Waals surface area contributed by atoms with Crippen LogP contribution >= 0.6 is 0 Å². The van der Waals surface area contributed by atoms with Crippen molar-refractivity contribution < 1.29 is 5.11 Å². The van der Waals surface area contributed by atoms with Crippen LogP contribution in [0.2, 0.25) is 0 Å². The molecule has 0 fully saturated rings. The van der Waals surface area contributed by atoms with E-state index in [1.807, 2.05) is 31.3 Å². The molecular formula is C13H14N2O.